The molecule has 0 amide bonds. The van der Waals surface area contributed by atoms with Gasteiger partial charge in [-0.1, -0.05) is 54.1 Å². The van der Waals surface area contributed by atoms with Crippen LogP contribution in [0.2, 0.25) is 5.02 Å². The molecule has 31 heavy (non-hydrogen) atoms. The van der Waals surface area contributed by atoms with Gasteiger partial charge in [-0.3, -0.25) is 9.80 Å². The van der Waals surface area contributed by atoms with Crippen LogP contribution in [0.25, 0.3) is 10.9 Å². The largest absolute Gasteiger partial charge is 0.506 e. The first kappa shape index (κ1) is 19.4. The molecule has 1 N–H and O–H groups in total. The Hall–Kier alpha value is -3.57. The lowest BCUT2D eigenvalue weighted by atomic mass is 9.97. The maximum Gasteiger partial charge on any atom is 0.263 e. The average Bonchev–Trinajstić information content (AvgIpc) is 3.24. The predicted octanol–water partition coefficient (Wildman–Crippen LogP) is 5.25. The van der Waals surface area contributed by atoms with E-state index in [1.807, 2.05) is 83.9 Å². The number of aryl methyl sites for hydroxylation is 1. The molecule has 154 valence electrons. The molecule has 5 nitrogen and oxygen atoms in total. The first-order valence-corrected chi connectivity index (χ1v) is 10.4. The Balaban J connectivity index is 1.68. The number of aromatic hydroxyl groups is 1. The fraction of sp³-hybridized carbons (Fsp3) is 0.120. The van der Waals surface area contributed by atoms with Crippen molar-refractivity contribution in [2.75, 3.05) is 5.01 Å². The number of hydrazone groups is 1. The van der Waals surface area contributed by atoms with Crippen LogP contribution in [0.1, 0.15) is 23.6 Å². The summed E-state index contributed by atoms with van der Waals surface area (Å²) in [5, 5.41) is 19.1. The van der Waals surface area contributed by atoms with Crippen molar-refractivity contribution in [3.8, 4) is 5.75 Å². The van der Waals surface area contributed by atoms with Gasteiger partial charge in [0.05, 0.1) is 23.0 Å². The maximum absolute atomic E-state index is 13.2. The number of anilines is 1. The summed E-state index contributed by atoms with van der Waals surface area (Å²) in [6.45, 7) is 0. The van der Waals surface area contributed by atoms with E-state index >= 15 is 0 Å². The highest BCUT2D eigenvalue weighted by Gasteiger charge is 2.33. The molecule has 1 aliphatic rings. The summed E-state index contributed by atoms with van der Waals surface area (Å²) in [5.74, 6) is -0.0257. The van der Waals surface area contributed by atoms with Gasteiger partial charge in [0.25, 0.3) is 5.56 Å². The maximum atomic E-state index is 13.2. The monoisotopic (exact) mass is 429 g/mol. The second kappa shape index (κ2) is 7.60. The first-order chi connectivity index (χ1) is 15.0. The summed E-state index contributed by atoms with van der Waals surface area (Å²) >= 11 is 6.09. The summed E-state index contributed by atoms with van der Waals surface area (Å²) in [7, 11) is 1.72. The molecule has 0 aliphatic carbocycles. The van der Waals surface area contributed by atoms with E-state index in [4.69, 9.17) is 16.7 Å². The zero-order valence-corrected chi connectivity index (χ0v) is 17.6. The Kier molecular flexibility index (Phi) is 4.75. The molecule has 1 aromatic heterocycles. The van der Waals surface area contributed by atoms with Gasteiger partial charge in [0.1, 0.15) is 11.3 Å². The molecule has 3 aromatic carbocycles. The van der Waals surface area contributed by atoms with Crippen LogP contribution in [0.15, 0.2) is 88.8 Å². The average molecular weight is 430 g/mol. The van der Waals surface area contributed by atoms with Gasteiger partial charge in [-0.05, 0) is 42.0 Å². The molecule has 0 saturated carbocycles. The lowest BCUT2D eigenvalue weighted by Crippen LogP contribution is -2.24. The molecule has 4 aromatic rings. The minimum atomic E-state index is -0.264. The fourth-order valence-corrected chi connectivity index (χ4v) is 4.29. The van der Waals surface area contributed by atoms with Crippen molar-refractivity contribution < 1.29 is 5.11 Å². The number of fused-ring (bicyclic) bond motifs is 1. The van der Waals surface area contributed by atoms with Gasteiger partial charge >= 0.3 is 0 Å². The van der Waals surface area contributed by atoms with Crippen molar-refractivity contribution in [3.05, 3.63) is 105 Å². The Morgan fingerprint density at radius 1 is 0.968 bits per heavy atom. The smallest absolute Gasteiger partial charge is 0.263 e. The predicted molar refractivity (Wildman–Crippen MR) is 125 cm³/mol. The molecule has 0 unspecified atom stereocenters. The number of aromatic nitrogens is 1. The number of pyridine rings is 1. The molecular formula is C25H20ClN3O2. The highest BCUT2D eigenvalue weighted by atomic mass is 35.5. The third-order valence-corrected chi connectivity index (χ3v) is 6.00. The molecule has 2 heterocycles. The van der Waals surface area contributed by atoms with E-state index < -0.39 is 0 Å². The lowest BCUT2D eigenvalue weighted by Gasteiger charge is -2.24. The summed E-state index contributed by atoms with van der Waals surface area (Å²) in [6.07, 6.45) is 0.484. The van der Waals surface area contributed by atoms with Crippen molar-refractivity contribution in [1.29, 1.82) is 0 Å². The number of benzene rings is 3. The van der Waals surface area contributed by atoms with E-state index in [-0.39, 0.29) is 22.9 Å². The molecule has 0 spiro atoms. The molecule has 1 atom stereocenters. The van der Waals surface area contributed by atoms with Gasteiger partial charge in [0.15, 0.2) is 0 Å². The second-order valence-electron chi connectivity index (χ2n) is 7.60. The molecule has 0 saturated heterocycles. The van der Waals surface area contributed by atoms with Gasteiger partial charge in [-0.15, -0.1) is 0 Å². The van der Waals surface area contributed by atoms with Crippen LogP contribution in [-0.4, -0.2) is 15.4 Å². The minimum Gasteiger partial charge on any atom is -0.506 e. The molecular weight excluding hydrogens is 410 g/mol. The number of nitrogens with zero attached hydrogens (tertiary/aromatic N) is 3. The van der Waals surface area contributed by atoms with Crippen molar-refractivity contribution in [3.63, 3.8) is 0 Å². The molecule has 0 radical (unpaired) electrons. The van der Waals surface area contributed by atoms with E-state index in [1.165, 1.54) is 0 Å². The molecule has 6 heteroatoms. The molecule has 1 aliphatic heterocycles. The van der Waals surface area contributed by atoms with Gasteiger partial charge in [-0.25, -0.2) is 0 Å². The Labute approximate surface area is 184 Å². The zero-order chi connectivity index (χ0) is 21.5. The van der Waals surface area contributed by atoms with Gasteiger partial charge in [0, 0.05) is 23.9 Å². The normalized spacial score (nSPS) is 16.0. The minimum absolute atomic E-state index is 0.0257. The van der Waals surface area contributed by atoms with Gasteiger partial charge < -0.3 is 9.67 Å². The number of rotatable bonds is 3. The first-order valence-electron chi connectivity index (χ1n) is 10.0. The van der Waals surface area contributed by atoms with Crippen LogP contribution in [0.5, 0.6) is 5.75 Å². The second-order valence-corrected chi connectivity index (χ2v) is 8.04. The molecule has 0 bridgehead atoms. The summed E-state index contributed by atoms with van der Waals surface area (Å²) in [4.78, 5) is 13.2. The molecule has 0 fully saturated rings. The van der Waals surface area contributed by atoms with Crippen molar-refractivity contribution in [2.45, 2.75) is 12.5 Å². The number of para-hydroxylation sites is 2. The Bertz CT molecular complexity index is 1360. The van der Waals surface area contributed by atoms with Crippen molar-refractivity contribution >= 4 is 33.9 Å². The molecule has 5 rings (SSSR count). The van der Waals surface area contributed by atoms with Crippen LogP contribution in [-0.2, 0) is 7.05 Å². The van der Waals surface area contributed by atoms with E-state index in [0.717, 1.165) is 11.3 Å². The van der Waals surface area contributed by atoms with Crippen molar-refractivity contribution in [1.82, 2.24) is 4.57 Å². The number of hydrogen-bond acceptors (Lipinski definition) is 4. The van der Waals surface area contributed by atoms with Crippen LogP contribution in [0.4, 0.5) is 5.69 Å². The summed E-state index contributed by atoms with van der Waals surface area (Å²) in [6, 6.07) is 24.7. The highest BCUT2D eigenvalue weighted by Crippen LogP contribution is 2.38. The van der Waals surface area contributed by atoms with Crippen LogP contribution in [0, 0.1) is 0 Å². The van der Waals surface area contributed by atoms with E-state index in [9.17, 15) is 9.90 Å². The quantitative estimate of drug-likeness (QED) is 0.483. The van der Waals surface area contributed by atoms with Crippen LogP contribution in [0.3, 0.4) is 0 Å². The third-order valence-electron chi connectivity index (χ3n) is 5.75. The summed E-state index contributed by atoms with van der Waals surface area (Å²) in [5.41, 5.74) is 3.17. The third kappa shape index (κ3) is 3.27. The van der Waals surface area contributed by atoms with E-state index in [2.05, 4.69) is 0 Å². The highest BCUT2D eigenvalue weighted by molar-refractivity contribution is 6.30. The zero-order valence-electron chi connectivity index (χ0n) is 16.9. The lowest BCUT2D eigenvalue weighted by molar-refractivity contribution is 0.478. The SMILES string of the molecule is Cn1c(=O)c(C2=NN(c3ccccc3)[C@@H](c3ccc(Cl)cc3)C2)c(O)c2ccccc21. The number of hydrogen-bond donors (Lipinski definition) is 1. The standard InChI is InChI=1S/C25H20ClN3O2/c1-28-21-10-6-5-9-19(21)24(30)23(25(28)31)20-15-22(16-11-13-17(26)14-12-16)29(27-20)18-7-3-2-4-8-18/h2-14,22,30H,15H2,1H3/t22-/m1/s1. The summed E-state index contributed by atoms with van der Waals surface area (Å²) < 4.78 is 1.56. The van der Waals surface area contributed by atoms with Crippen molar-refractivity contribution in [2.24, 2.45) is 12.1 Å². The van der Waals surface area contributed by atoms with E-state index in [1.54, 1.807) is 11.6 Å². The van der Waals surface area contributed by atoms with Gasteiger partial charge in [-0.2, -0.15) is 5.10 Å². The Morgan fingerprint density at radius 3 is 2.39 bits per heavy atom. The van der Waals surface area contributed by atoms with Gasteiger partial charge in [0.2, 0.25) is 0 Å². The topological polar surface area (TPSA) is 57.8 Å². The van der Waals surface area contributed by atoms with Crippen LogP contribution >= 0.6 is 11.6 Å². The Morgan fingerprint density at radius 2 is 1.65 bits per heavy atom. The van der Waals surface area contributed by atoms with E-state index in [0.29, 0.717) is 28.1 Å². The number of halogens is 1. The van der Waals surface area contributed by atoms with Crippen LogP contribution < -0.4 is 10.6 Å². The fourth-order valence-electron chi connectivity index (χ4n) is 4.16.